The molecule has 3 aromatic rings. The first-order valence-electron chi connectivity index (χ1n) is 12.7. The van der Waals surface area contributed by atoms with E-state index >= 15 is 0 Å². The van der Waals surface area contributed by atoms with Gasteiger partial charge in [0.25, 0.3) is 5.91 Å². The van der Waals surface area contributed by atoms with Gasteiger partial charge in [-0.05, 0) is 41.8 Å². The number of hydrogen-bond donors (Lipinski definition) is 1. The monoisotopic (exact) mass is 484 g/mol. The minimum absolute atomic E-state index is 0.00134. The Labute approximate surface area is 211 Å². The Hall–Kier alpha value is -3.71. The van der Waals surface area contributed by atoms with Gasteiger partial charge in [-0.2, -0.15) is 0 Å². The van der Waals surface area contributed by atoms with Crippen LogP contribution in [0.25, 0.3) is 10.8 Å². The van der Waals surface area contributed by atoms with Gasteiger partial charge in [-0.1, -0.05) is 54.6 Å². The Balaban J connectivity index is 1.15. The predicted molar refractivity (Wildman–Crippen MR) is 141 cm³/mol. The van der Waals surface area contributed by atoms with Crippen LogP contribution in [0.15, 0.2) is 72.8 Å². The Kier molecular flexibility index (Phi) is 7.28. The van der Waals surface area contributed by atoms with Crippen LogP contribution in [0.4, 0.5) is 5.69 Å². The molecule has 3 aromatic carbocycles. The standard InChI is InChI=1S/C29H32N4O3/c34-27(30-24-11-2-1-3-12-24)21-31-16-18-32(19-17-31)28(35)23-10-7-15-33(20-23)29(36)26-14-6-9-22-8-4-5-13-25(22)26/h1-6,8-9,11-14,23H,7,10,15-21H2,(H,30,34). The van der Waals surface area contributed by atoms with Crippen molar-refractivity contribution in [2.45, 2.75) is 12.8 Å². The molecule has 3 amide bonds. The normalized spacial score (nSPS) is 18.7. The third kappa shape index (κ3) is 5.41. The zero-order valence-electron chi connectivity index (χ0n) is 20.4. The van der Waals surface area contributed by atoms with Crippen LogP contribution < -0.4 is 5.32 Å². The summed E-state index contributed by atoms with van der Waals surface area (Å²) in [5, 5.41) is 4.91. The van der Waals surface area contributed by atoms with Crippen molar-refractivity contribution in [2.24, 2.45) is 5.92 Å². The Bertz CT molecular complexity index is 1230. The number of nitrogens with one attached hydrogen (secondary N) is 1. The van der Waals surface area contributed by atoms with E-state index in [4.69, 9.17) is 0 Å². The van der Waals surface area contributed by atoms with Gasteiger partial charge in [0.05, 0.1) is 12.5 Å². The number of piperazine rings is 1. The molecule has 2 aliphatic heterocycles. The summed E-state index contributed by atoms with van der Waals surface area (Å²) in [7, 11) is 0. The molecule has 0 spiro atoms. The molecular formula is C29H32N4O3. The summed E-state index contributed by atoms with van der Waals surface area (Å²) in [5.41, 5.74) is 1.49. The minimum Gasteiger partial charge on any atom is -0.340 e. The number of likely N-dealkylation sites (tertiary alicyclic amines) is 1. The molecule has 36 heavy (non-hydrogen) atoms. The van der Waals surface area contributed by atoms with E-state index in [-0.39, 0.29) is 23.6 Å². The Morgan fingerprint density at radius 1 is 0.778 bits per heavy atom. The van der Waals surface area contributed by atoms with E-state index in [1.54, 1.807) is 0 Å². The number of hydrogen-bond acceptors (Lipinski definition) is 4. The van der Waals surface area contributed by atoms with Gasteiger partial charge < -0.3 is 15.1 Å². The average molecular weight is 485 g/mol. The third-order valence-corrected chi connectivity index (χ3v) is 7.19. The molecule has 2 saturated heterocycles. The van der Waals surface area contributed by atoms with E-state index in [1.165, 1.54) is 0 Å². The van der Waals surface area contributed by atoms with Gasteiger partial charge in [-0.25, -0.2) is 0 Å². The van der Waals surface area contributed by atoms with Crippen molar-refractivity contribution in [1.29, 1.82) is 0 Å². The Morgan fingerprint density at radius 3 is 2.31 bits per heavy atom. The number of nitrogens with zero attached hydrogens (tertiary/aromatic N) is 3. The predicted octanol–water partition coefficient (Wildman–Crippen LogP) is 3.47. The van der Waals surface area contributed by atoms with Crippen molar-refractivity contribution in [3.63, 3.8) is 0 Å². The van der Waals surface area contributed by atoms with Crippen molar-refractivity contribution < 1.29 is 14.4 Å². The van der Waals surface area contributed by atoms with Crippen molar-refractivity contribution in [1.82, 2.24) is 14.7 Å². The van der Waals surface area contributed by atoms with E-state index in [0.29, 0.717) is 51.4 Å². The van der Waals surface area contributed by atoms with Crippen LogP contribution in [0.2, 0.25) is 0 Å². The molecule has 2 aliphatic rings. The van der Waals surface area contributed by atoms with E-state index in [0.717, 1.165) is 29.3 Å². The van der Waals surface area contributed by atoms with Gasteiger partial charge >= 0.3 is 0 Å². The lowest BCUT2D eigenvalue weighted by Gasteiger charge is -2.39. The first-order chi connectivity index (χ1) is 17.6. The van der Waals surface area contributed by atoms with E-state index in [1.807, 2.05) is 82.6 Å². The fourth-order valence-electron chi connectivity index (χ4n) is 5.26. The van der Waals surface area contributed by atoms with Crippen LogP contribution in [0.1, 0.15) is 23.2 Å². The molecular weight excluding hydrogens is 452 g/mol. The highest BCUT2D eigenvalue weighted by Crippen LogP contribution is 2.25. The van der Waals surface area contributed by atoms with Crippen LogP contribution in [-0.2, 0) is 9.59 Å². The third-order valence-electron chi connectivity index (χ3n) is 7.19. The lowest BCUT2D eigenvalue weighted by atomic mass is 9.95. The van der Waals surface area contributed by atoms with Crippen molar-refractivity contribution >= 4 is 34.2 Å². The van der Waals surface area contributed by atoms with Crippen LogP contribution in [-0.4, -0.2) is 78.2 Å². The molecule has 186 valence electrons. The number of amides is 3. The van der Waals surface area contributed by atoms with E-state index < -0.39 is 0 Å². The average Bonchev–Trinajstić information content (AvgIpc) is 2.93. The summed E-state index contributed by atoms with van der Waals surface area (Å²) in [4.78, 5) is 44.9. The van der Waals surface area contributed by atoms with Crippen LogP contribution >= 0.6 is 0 Å². The second-order valence-electron chi connectivity index (χ2n) is 9.63. The van der Waals surface area contributed by atoms with E-state index in [2.05, 4.69) is 10.2 Å². The number of carbonyl (C=O) groups is 3. The van der Waals surface area contributed by atoms with Gasteiger partial charge in [-0.15, -0.1) is 0 Å². The lowest BCUT2D eigenvalue weighted by Crippen LogP contribution is -2.54. The maximum absolute atomic E-state index is 13.4. The fraction of sp³-hybridized carbons (Fsp3) is 0.345. The molecule has 0 aliphatic carbocycles. The van der Waals surface area contributed by atoms with Crippen molar-refractivity contribution in [2.75, 3.05) is 51.1 Å². The molecule has 0 aromatic heterocycles. The molecule has 0 bridgehead atoms. The number of benzene rings is 3. The zero-order chi connectivity index (χ0) is 24.9. The SMILES string of the molecule is O=C(CN1CCN(C(=O)C2CCCN(C(=O)c3cccc4ccccc34)C2)CC1)Nc1ccccc1. The van der Waals surface area contributed by atoms with Gasteiger partial charge in [0.1, 0.15) is 0 Å². The smallest absolute Gasteiger partial charge is 0.254 e. The largest absolute Gasteiger partial charge is 0.340 e. The molecule has 2 fully saturated rings. The molecule has 7 nitrogen and oxygen atoms in total. The minimum atomic E-state index is -0.175. The molecule has 1 N–H and O–H groups in total. The highest BCUT2D eigenvalue weighted by atomic mass is 16.2. The highest BCUT2D eigenvalue weighted by molar-refractivity contribution is 6.07. The Morgan fingerprint density at radius 2 is 1.50 bits per heavy atom. The summed E-state index contributed by atoms with van der Waals surface area (Å²) in [5.74, 6) is -0.0983. The van der Waals surface area contributed by atoms with Crippen LogP contribution in [0.5, 0.6) is 0 Å². The summed E-state index contributed by atoms with van der Waals surface area (Å²) >= 11 is 0. The summed E-state index contributed by atoms with van der Waals surface area (Å²) in [6, 6.07) is 23.2. The summed E-state index contributed by atoms with van der Waals surface area (Å²) in [6.45, 7) is 3.99. The lowest BCUT2D eigenvalue weighted by molar-refractivity contribution is -0.138. The van der Waals surface area contributed by atoms with Crippen molar-refractivity contribution in [3.05, 3.63) is 78.4 Å². The van der Waals surface area contributed by atoms with Gasteiger partial charge in [0, 0.05) is 50.5 Å². The highest BCUT2D eigenvalue weighted by Gasteiger charge is 2.33. The summed E-state index contributed by atoms with van der Waals surface area (Å²) < 4.78 is 0. The number of para-hydroxylation sites is 1. The maximum Gasteiger partial charge on any atom is 0.254 e. The van der Waals surface area contributed by atoms with Gasteiger partial charge in [0.2, 0.25) is 11.8 Å². The quantitative estimate of drug-likeness (QED) is 0.602. The first kappa shape index (κ1) is 24.0. The molecule has 0 saturated carbocycles. The van der Waals surface area contributed by atoms with Gasteiger partial charge in [0.15, 0.2) is 0 Å². The molecule has 0 radical (unpaired) electrons. The van der Waals surface area contributed by atoms with Gasteiger partial charge in [-0.3, -0.25) is 19.3 Å². The molecule has 5 rings (SSSR count). The number of rotatable bonds is 5. The number of piperidine rings is 1. The molecule has 1 atom stereocenters. The number of fused-ring (bicyclic) bond motifs is 1. The first-order valence-corrected chi connectivity index (χ1v) is 12.7. The second-order valence-corrected chi connectivity index (χ2v) is 9.63. The van der Waals surface area contributed by atoms with E-state index in [9.17, 15) is 14.4 Å². The van der Waals surface area contributed by atoms with Crippen molar-refractivity contribution in [3.8, 4) is 0 Å². The maximum atomic E-state index is 13.4. The fourth-order valence-corrected chi connectivity index (χ4v) is 5.26. The molecule has 1 unspecified atom stereocenters. The molecule has 7 heteroatoms. The number of carbonyl (C=O) groups excluding carboxylic acids is 3. The van der Waals surface area contributed by atoms with Crippen LogP contribution in [0, 0.1) is 5.92 Å². The number of anilines is 1. The summed E-state index contributed by atoms with van der Waals surface area (Å²) in [6.07, 6.45) is 1.63. The van der Waals surface area contributed by atoms with Crippen LogP contribution in [0.3, 0.4) is 0 Å². The topological polar surface area (TPSA) is 73.0 Å². The zero-order valence-corrected chi connectivity index (χ0v) is 20.4. The second kappa shape index (κ2) is 10.9. The molecule has 2 heterocycles.